The van der Waals surface area contributed by atoms with Crippen molar-refractivity contribution in [3.05, 3.63) is 76.4 Å². The van der Waals surface area contributed by atoms with Crippen molar-refractivity contribution in [3.63, 3.8) is 0 Å². The van der Waals surface area contributed by atoms with Gasteiger partial charge in [0.15, 0.2) is 0 Å². The van der Waals surface area contributed by atoms with Gasteiger partial charge in [0.05, 0.1) is 17.5 Å². The largest absolute Gasteiger partial charge is 0.348 e. The molecule has 5 heteroatoms. The number of aromatic nitrogens is 2. The molecule has 3 aromatic rings. The zero-order chi connectivity index (χ0) is 16.2. The molecule has 116 valence electrons. The topological polar surface area (TPSA) is 57.8 Å². The molecule has 0 fully saturated rings. The van der Waals surface area contributed by atoms with Crippen molar-refractivity contribution in [2.75, 3.05) is 0 Å². The minimum Gasteiger partial charge on any atom is -0.348 e. The van der Waals surface area contributed by atoms with Crippen molar-refractivity contribution in [1.82, 2.24) is 15.5 Å². The summed E-state index contributed by atoms with van der Waals surface area (Å²) in [6.45, 7) is 2.44. The molecule has 0 aliphatic heterocycles. The Morgan fingerprint density at radius 2 is 2.00 bits per heavy atom. The third-order valence-corrected chi connectivity index (χ3v) is 3.80. The molecule has 1 amide bonds. The second-order valence-corrected chi connectivity index (χ2v) is 5.77. The van der Waals surface area contributed by atoms with Crippen molar-refractivity contribution in [2.45, 2.75) is 13.5 Å². The summed E-state index contributed by atoms with van der Waals surface area (Å²) in [5.74, 6) is -0.172. The highest BCUT2D eigenvalue weighted by Crippen LogP contribution is 2.21. The molecule has 2 N–H and O–H groups in total. The number of carbonyl (C=O) groups is 1. The van der Waals surface area contributed by atoms with E-state index in [0.29, 0.717) is 22.8 Å². The first-order valence-electron chi connectivity index (χ1n) is 7.26. The van der Waals surface area contributed by atoms with Gasteiger partial charge in [0.25, 0.3) is 5.91 Å². The van der Waals surface area contributed by atoms with E-state index >= 15 is 0 Å². The zero-order valence-corrected chi connectivity index (χ0v) is 13.4. The Hall–Kier alpha value is -2.59. The Morgan fingerprint density at radius 3 is 2.74 bits per heavy atom. The number of carbonyl (C=O) groups excluding carboxylic acids is 1. The number of aryl methyl sites for hydroxylation is 1. The van der Waals surface area contributed by atoms with E-state index in [-0.39, 0.29) is 5.91 Å². The van der Waals surface area contributed by atoms with E-state index in [0.717, 1.165) is 11.1 Å². The highest BCUT2D eigenvalue weighted by atomic mass is 35.5. The lowest BCUT2D eigenvalue weighted by Gasteiger charge is -2.07. The standard InChI is InChI=1S/C18H16ClN3O/c1-12-5-7-14(8-6-12)17-16(11-21-22-17)18(23)20-10-13-3-2-4-15(19)9-13/h2-9,11H,10H2,1H3,(H,20,23)(H,21,22). The monoisotopic (exact) mass is 325 g/mol. The molecule has 0 aliphatic rings. The summed E-state index contributed by atoms with van der Waals surface area (Å²) in [4.78, 5) is 12.4. The third-order valence-electron chi connectivity index (χ3n) is 3.57. The van der Waals surface area contributed by atoms with Crippen molar-refractivity contribution in [1.29, 1.82) is 0 Å². The van der Waals surface area contributed by atoms with Crippen LogP contribution in [0.4, 0.5) is 0 Å². The minimum atomic E-state index is -0.172. The smallest absolute Gasteiger partial charge is 0.255 e. The second kappa shape index (κ2) is 6.67. The van der Waals surface area contributed by atoms with Crippen LogP contribution in [0.1, 0.15) is 21.5 Å². The number of rotatable bonds is 4. The normalized spacial score (nSPS) is 10.5. The van der Waals surface area contributed by atoms with Gasteiger partial charge >= 0.3 is 0 Å². The fourth-order valence-electron chi connectivity index (χ4n) is 2.32. The number of amides is 1. The summed E-state index contributed by atoms with van der Waals surface area (Å²) in [6, 6.07) is 15.4. The molecule has 0 saturated heterocycles. The lowest BCUT2D eigenvalue weighted by molar-refractivity contribution is 0.0951. The lowest BCUT2D eigenvalue weighted by Crippen LogP contribution is -2.22. The molecule has 0 saturated carbocycles. The molecule has 0 radical (unpaired) electrons. The van der Waals surface area contributed by atoms with Gasteiger partial charge in [-0.15, -0.1) is 0 Å². The third kappa shape index (κ3) is 3.60. The summed E-state index contributed by atoms with van der Waals surface area (Å²) in [7, 11) is 0. The van der Waals surface area contributed by atoms with E-state index in [1.165, 1.54) is 5.56 Å². The van der Waals surface area contributed by atoms with Gasteiger partial charge in [-0.05, 0) is 24.6 Å². The summed E-state index contributed by atoms with van der Waals surface area (Å²) < 4.78 is 0. The molecule has 4 nitrogen and oxygen atoms in total. The second-order valence-electron chi connectivity index (χ2n) is 5.34. The van der Waals surface area contributed by atoms with Crippen LogP contribution in [0.2, 0.25) is 5.02 Å². The van der Waals surface area contributed by atoms with Gasteiger partial charge in [0.2, 0.25) is 0 Å². The van der Waals surface area contributed by atoms with E-state index in [1.807, 2.05) is 49.4 Å². The predicted octanol–water partition coefficient (Wildman–Crippen LogP) is 3.97. The maximum absolute atomic E-state index is 12.4. The fourth-order valence-corrected chi connectivity index (χ4v) is 2.54. The summed E-state index contributed by atoms with van der Waals surface area (Å²) >= 11 is 5.95. The van der Waals surface area contributed by atoms with Crippen molar-refractivity contribution in [2.24, 2.45) is 0 Å². The van der Waals surface area contributed by atoms with Gasteiger partial charge in [-0.1, -0.05) is 53.6 Å². The lowest BCUT2D eigenvalue weighted by atomic mass is 10.1. The van der Waals surface area contributed by atoms with Crippen LogP contribution in [0.25, 0.3) is 11.3 Å². The van der Waals surface area contributed by atoms with Crippen LogP contribution in [0.15, 0.2) is 54.7 Å². The predicted molar refractivity (Wildman–Crippen MR) is 91.4 cm³/mol. The summed E-state index contributed by atoms with van der Waals surface area (Å²) in [5.41, 5.74) is 4.29. The first kappa shape index (κ1) is 15.3. The molecule has 0 unspecified atom stereocenters. The van der Waals surface area contributed by atoms with E-state index < -0.39 is 0 Å². The van der Waals surface area contributed by atoms with Gasteiger partial charge in [-0.2, -0.15) is 5.10 Å². The van der Waals surface area contributed by atoms with Crippen LogP contribution in [-0.2, 0) is 6.54 Å². The van der Waals surface area contributed by atoms with Crippen LogP contribution in [0.3, 0.4) is 0 Å². The highest BCUT2D eigenvalue weighted by molar-refractivity contribution is 6.30. The van der Waals surface area contributed by atoms with Crippen molar-refractivity contribution >= 4 is 17.5 Å². The summed E-state index contributed by atoms with van der Waals surface area (Å²) in [5, 5.41) is 10.4. The number of H-pyrrole nitrogens is 1. The van der Waals surface area contributed by atoms with Gasteiger partial charge in [0, 0.05) is 17.1 Å². The van der Waals surface area contributed by atoms with E-state index in [4.69, 9.17) is 11.6 Å². The number of halogens is 1. The Morgan fingerprint density at radius 1 is 1.22 bits per heavy atom. The first-order valence-corrected chi connectivity index (χ1v) is 7.64. The zero-order valence-electron chi connectivity index (χ0n) is 12.6. The molecule has 0 spiro atoms. The summed E-state index contributed by atoms with van der Waals surface area (Å²) in [6.07, 6.45) is 1.54. The minimum absolute atomic E-state index is 0.172. The molecule has 1 aromatic heterocycles. The van der Waals surface area contributed by atoms with Gasteiger partial charge in [0.1, 0.15) is 0 Å². The molecule has 0 aliphatic carbocycles. The fraction of sp³-hybridized carbons (Fsp3) is 0.111. The van der Waals surface area contributed by atoms with Crippen LogP contribution < -0.4 is 5.32 Å². The first-order chi connectivity index (χ1) is 11.1. The van der Waals surface area contributed by atoms with Crippen LogP contribution in [0, 0.1) is 6.92 Å². The Kier molecular flexibility index (Phi) is 4.44. The van der Waals surface area contributed by atoms with E-state index in [1.54, 1.807) is 12.3 Å². The van der Waals surface area contributed by atoms with Crippen molar-refractivity contribution in [3.8, 4) is 11.3 Å². The maximum atomic E-state index is 12.4. The molecule has 0 atom stereocenters. The molecule has 2 aromatic carbocycles. The molecule has 3 rings (SSSR count). The number of benzene rings is 2. The quantitative estimate of drug-likeness (QED) is 0.762. The van der Waals surface area contributed by atoms with Crippen LogP contribution >= 0.6 is 11.6 Å². The van der Waals surface area contributed by atoms with E-state index in [2.05, 4.69) is 15.5 Å². The molecule has 23 heavy (non-hydrogen) atoms. The van der Waals surface area contributed by atoms with Gasteiger partial charge < -0.3 is 5.32 Å². The number of hydrogen-bond donors (Lipinski definition) is 2. The number of hydrogen-bond acceptors (Lipinski definition) is 2. The number of aromatic amines is 1. The average Bonchev–Trinajstić information content (AvgIpc) is 3.03. The van der Waals surface area contributed by atoms with E-state index in [9.17, 15) is 4.79 Å². The molecule has 1 heterocycles. The number of nitrogens with one attached hydrogen (secondary N) is 2. The maximum Gasteiger partial charge on any atom is 0.255 e. The van der Waals surface area contributed by atoms with Crippen molar-refractivity contribution < 1.29 is 4.79 Å². The Bertz CT molecular complexity index is 824. The SMILES string of the molecule is Cc1ccc(-c2[nH]ncc2C(=O)NCc2cccc(Cl)c2)cc1. The molecule has 0 bridgehead atoms. The van der Waals surface area contributed by atoms with Crippen LogP contribution in [-0.4, -0.2) is 16.1 Å². The van der Waals surface area contributed by atoms with Crippen LogP contribution in [0.5, 0.6) is 0 Å². The van der Waals surface area contributed by atoms with Gasteiger partial charge in [-0.3, -0.25) is 9.89 Å². The Labute approximate surface area is 139 Å². The average molecular weight is 326 g/mol. The van der Waals surface area contributed by atoms with Gasteiger partial charge in [-0.25, -0.2) is 0 Å². The molecular weight excluding hydrogens is 310 g/mol. The Balaban J connectivity index is 1.76. The highest BCUT2D eigenvalue weighted by Gasteiger charge is 2.14. The number of nitrogens with zero attached hydrogens (tertiary/aromatic N) is 1. The molecular formula is C18H16ClN3O.